The van der Waals surface area contributed by atoms with Crippen LogP contribution in [0.25, 0.3) is 0 Å². The Hall–Kier alpha value is -1.27. The van der Waals surface area contributed by atoms with Gasteiger partial charge in [0.1, 0.15) is 0 Å². The standard InChI is InChI=1S/C15H25NO4S/c1-10(9-21(6)17)16-11(2)12-7-13(18-3)15(20-5)14(8-12)19-4/h7-8,10-11,16H,9H2,1-6H3. The number of nitrogens with one attached hydrogen (secondary N) is 1. The van der Waals surface area contributed by atoms with Crippen LogP contribution < -0.4 is 19.5 Å². The van der Waals surface area contributed by atoms with Crippen LogP contribution in [0, 0.1) is 0 Å². The summed E-state index contributed by atoms with van der Waals surface area (Å²) in [6.07, 6.45) is 1.71. The molecule has 0 aliphatic rings. The number of rotatable bonds is 8. The van der Waals surface area contributed by atoms with Crippen molar-refractivity contribution >= 4 is 10.8 Å². The molecule has 3 atom stereocenters. The first-order chi connectivity index (χ1) is 9.92. The first kappa shape index (κ1) is 17.8. The van der Waals surface area contributed by atoms with Gasteiger partial charge in [-0.15, -0.1) is 0 Å². The fraction of sp³-hybridized carbons (Fsp3) is 0.600. The fourth-order valence-corrected chi connectivity index (χ4v) is 3.07. The molecule has 0 aromatic heterocycles. The Kier molecular flexibility index (Phi) is 6.98. The highest BCUT2D eigenvalue weighted by Gasteiger charge is 2.17. The molecule has 3 unspecified atom stereocenters. The molecular formula is C15H25NO4S. The van der Waals surface area contributed by atoms with Gasteiger partial charge in [0.25, 0.3) is 0 Å². The van der Waals surface area contributed by atoms with E-state index in [1.165, 1.54) is 0 Å². The van der Waals surface area contributed by atoms with Gasteiger partial charge in [0, 0.05) is 34.9 Å². The van der Waals surface area contributed by atoms with E-state index >= 15 is 0 Å². The molecule has 0 radical (unpaired) electrons. The lowest BCUT2D eigenvalue weighted by Crippen LogP contribution is -2.33. The highest BCUT2D eigenvalue weighted by Crippen LogP contribution is 2.39. The van der Waals surface area contributed by atoms with Gasteiger partial charge in [0.15, 0.2) is 11.5 Å². The van der Waals surface area contributed by atoms with Crippen LogP contribution in [-0.4, -0.2) is 43.6 Å². The minimum Gasteiger partial charge on any atom is -0.493 e. The molecule has 1 rings (SSSR count). The summed E-state index contributed by atoms with van der Waals surface area (Å²) in [4.78, 5) is 0. The van der Waals surface area contributed by atoms with Crippen molar-refractivity contribution in [2.75, 3.05) is 33.3 Å². The lowest BCUT2D eigenvalue weighted by Gasteiger charge is -2.22. The second-order valence-electron chi connectivity index (χ2n) is 4.99. The molecule has 1 aromatic rings. The molecule has 21 heavy (non-hydrogen) atoms. The zero-order valence-corrected chi connectivity index (χ0v) is 14.4. The van der Waals surface area contributed by atoms with E-state index in [-0.39, 0.29) is 12.1 Å². The molecule has 0 aliphatic heterocycles. The average molecular weight is 315 g/mol. The monoisotopic (exact) mass is 315 g/mol. The zero-order chi connectivity index (χ0) is 16.0. The van der Waals surface area contributed by atoms with Crippen molar-refractivity contribution in [2.24, 2.45) is 0 Å². The van der Waals surface area contributed by atoms with Gasteiger partial charge in [-0.3, -0.25) is 4.21 Å². The first-order valence-corrected chi connectivity index (χ1v) is 8.51. The molecule has 0 amide bonds. The molecule has 6 heteroatoms. The first-order valence-electron chi connectivity index (χ1n) is 6.78. The van der Waals surface area contributed by atoms with Gasteiger partial charge < -0.3 is 19.5 Å². The van der Waals surface area contributed by atoms with Gasteiger partial charge in [0.2, 0.25) is 5.75 Å². The van der Waals surface area contributed by atoms with Gasteiger partial charge in [-0.1, -0.05) is 0 Å². The van der Waals surface area contributed by atoms with Crippen molar-refractivity contribution in [3.05, 3.63) is 17.7 Å². The number of ether oxygens (including phenoxy) is 3. The third-order valence-electron chi connectivity index (χ3n) is 3.21. The molecule has 1 N–H and O–H groups in total. The highest BCUT2D eigenvalue weighted by molar-refractivity contribution is 7.84. The SMILES string of the molecule is COc1cc(C(C)NC(C)CS(C)=O)cc(OC)c1OC. The van der Waals surface area contributed by atoms with Crippen molar-refractivity contribution in [1.29, 1.82) is 0 Å². The van der Waals surface area contributed by atoms with Gasteiger partial charge in [-0.2, -0.15) is 0 Å². The van der Waals surface area contributed by atoms with E-state index < -0.39 is 10.8 Å². The number of benzene rings is 1. The molecule has 120 valence electrons. The van der Waals surface area contributed by atoms with Gasteiger partial charge in [-0.25, -0.2) is 0 Å². The molecule has 0 bridgehead atoms. The molecule has 1 aromatic carbocycles. The molecule has 5 nitrogen and oxygen atoms in total. The number of hydrogen-bond acceptors (Lipinski definition) is 5. The van der Waals surface area contributed by atoms with E-state index in [0.717, 1.165) is 5.56 Å². The molecule has 0 spiro atoms. The topological polar surface area (TPSA) is 56.8 Å². The van der Waals surface area contributed by atoms with Crippen molar-refractivity contribution < 1.29 is 18.4 Å². The van der Waals surface area contributed by atoms with Crippen LogP contribution in [0.4, 0.5) is 0 Å². The van der Waals surface area contributed by atoms with Crippen LogP contribution in [0.15, 0.2) is 12.1 Å². The number of hydrogen-bond donors (Lipinski definition) is 1. The van der Waals surface area contributed by atoms with Crippen LogP contribution in [0.3, 0.4) is 0 Å². The van der Waals surface area contributed by atoms with Crippen molar-refractivity contribution in [1.82, 2.24) is 5.32 Å². The van der Waals surface area contributed by atoms with Crippen LogP contribution in [-0.2, 0) is 10.8 Å². The summed E-state index contributed by atoms with van der Waals surface area (Å²) in [7, 11) is 3.96. The molecule has 0 heterocycles. The van der Waals surface area contributed by atoms with Crippen LogP contribution in [0.1, 0.15) is 25.5 Å². The van der Waals surface area contributed by atoms with E-state index in [0.29, 0.717) is 23.0 Å². The van der Waals surface area contributed by atoms with Crippen LogP contribution in [0.5, 0.6) is 17.2 Å². The second-order valence-corrected chi connectivity index (χ2v) is 6.47. The Morgan fingerprint density at radius 2 is 1.62 bits per heavy atom. The molecule has 0 saturated carbocycles. The molecular weight excluding hydrogens is 290 g/mol. The van der Waals surface area contributed by atoms with E-state index in [2.05, 4.69) is 12.2 Å². The number of methoxy groups -OCH3 is 3. The summed E-state index contributed by atoms with van der Waals surface area (Å²) in [6.45, 7) is 4.08. The maximum Gasteiger partial charge on any atom is 0.203 e. The third-order valence-corrected chi connectivity index (χ3v) is 4.18. The average Bonchev–Trinajstić information content (AvgIpc) is 2.44. The normalized spacial score (nSPS) is 15.1. The van der Waals surface area contributed by atoms with Gasteiger partial charge in [-0.05, 0) is 31.5 Å². The predicted molar refractivity (Wildman–Crippen MR) is 86.0 cm³/mol. The Morgan fingerprint density at radius 1 is 1.10 bits per heavy atom. The largest absolute Gasteiger partial charge is 0.493 e. The van der Waals surface area contributed by atoms with Crippen LogP contribution in [0.2, 0.25) is 0 Å². The van der Waals surface area contributed by atoms with Crippen LogP contribution >= 0.6 is 0 Å². The van der Waals surface area contributed by atoms with Gasteiger partial charge >= 0.3 is 0 Å². The molecule has 0 aliphatic carbocycles. The highest BCUT2D eigenvalue weighted by atomic mass is 32.2. The maximum absolute atomic E-state index is 11.3. The van der Waals surface area contributed by atoms with Crippen molar-refractivity contribution in [2.45, 2.75) is 25.9 Å². The Labute approximate surface area is 129 Å². The third kappa shape index (κ3) is 4.89. The minimum absolute atomic E-state index is 0.0808. The maximum atomic E-state index is 11.3. The summed E-state index contributed by atoms with van der Waals surface area (Å²) >= 11 is 0. The summed E-state index contributed by atoms with van der Waals surface area (Å²) in [5, 5.41) is 3.42. The van der Waals surface area contributed by atoms with Crippen molar-refractivity contribution in [3.8, 4) is 17.2 Å². The predicted octanol–water partition coefficient (Wildman–Crippen LogP) is 2.13. The lowest BCUT2D eigenvalue weighted by molar-refractivity contribution is 0.323. The quantitative estimate of drug-likeness (QED) is 0.796. The Balaban J connectivity index is 2.99. The van der Waals surface area contributed by atoms with Crippen molar-refractivity contribution in [3.63, 3.8) is 0 Å². The molecule has 0 saturated heterocycles. The summed E-state index contributed by atoms with van der Waals surface area (Å²) in [6, 6.07) is 4.09. The molecule has 0 fully saturated rings. The van der Waals surface area contributed by atoms with E-state index in [1.54, 1.807) is 27.6 Å². The van der Waals surface area contributed by atoms with Gasteiger partial charge in [0.05, 0.1) is 21.3 Å². The Bertz CT molecular complexity index is 468. The summed E-state index contributed by atoms with van der Waals surface area (Å²) < 4.78 is 27.3. The Morgan fingerprint density at radius 3 is 2.00 bits per heavy atom. The zero-order valence-electron chi connectivity index (χ0n) is 13.6. The summed E-state index contributed by atoms with van der Waals surface area (Å²) in [5.74, 6) is 2.47. The minimum atomic E-state index is -0.817. The smallest absolute Gasteiger partial charge is 0.203 e. The second kappa shape index (κ2) is 8.24. The fourth-order valence-electron chi connectivity index (χ4n) is 2.27. The van der Waals surface area contributed by atoms with E-state index in [9.17, 15) is 4.21 Å². The summed E-state index contributed by atoms with van der Waals surface area (Å²) in [5.41, 5.74) is 1.03. The lowest BCUT2D eigenvalue weighted by atomic mass is 10.1. The van der Waals surface area contributed by atoms with E-state index in [4.69, 9.17) is 14.2 Å². The van der Waals surface area contributed by atoms with E-state index in [1.807, 2.05) is 19.1 Å².